The van der Waals surface area contributed by atoms with Gasteiger partial charge in [-0.3, -0.25) is 9.79 Å². The number of unbranched alkanes of at least 4 members (excludes halogenated alkanes) is 7. The summed E-state index contributed by atoms with van der Waals surface area (Å²) in [5.41, 5.74) is 0.889. The second-order valence-electron chi connectivity index (χ2n) is 10.7. The summed E-state index contributed by atoms with van der Waals surface area (Å²) in [6, 6.07) is 5.96. The van der Waals surface area contributed by atoms with Gasteiger partial charge in [0.1, 0.15) is 5.58 Å². The van der Waals surface area contributed by atoms with E-state index in [4.69, 9.17) is 4.42 Å². The predicted molar refractivity (Wildman–Crippen MR) is 148 cm³/mol. The first-order valence-electron chi connectivity index (χ1n) is 13.1. The van der Waals surface area contributed by atoms with Crippen molar-refractivity contribution in [1.29, 1.82) is 0 Å². The van der Waals surface area contributed by atoms with Crippen molar-refractivity contribution in [3.8, 4) is 34.3 Å². The molecule has 0 spiro atoms. The highest BCUT2D eigenvalue weighted by Crippen LogP contribution is 2.41. The van der Waals surface area contributed by atoms with E-state index in [2.05, 4.69) is 11.9 Å². The molecule has 7 nitrogen and oxygen atoms in total. The van der Waals surface area contributed by atoms with Crippen molar-refractivity contribution in [3.05, 3.63) is 45.6 Å². The second-order valence-corrected chi connectivity index (χ2v) is 10.7. The van der Waals surface area contributed by atoms with Crippen molar-refractivity contribution in [2.24, 2.45) is 4.99 Å². The van der Waals surface area contributed by atoms with Crippen LogP contribution < -0.4 is 5.43 Å². The van der Waals surface area contributed by atoms with Crippen LogP contribution in [0.25, 0.3) is 22.3 Å². The average molecular weight is 510 g/mol. The Hall–Kier alpha value is -3.48. The molecule has 0 aliphatic heterocycles. The molecule has 2 aromatic carbocycles. The minimum Gasteiger partial charge on any atom is -0.504 e. The topological polar surface area (TPSA) is 123 Å². The molecular weight excluding hydrogens is 470 g/mol. The van der Waals surface area contributed by atoms with Crippen LogP contribution in [0.2, 0.25) is 0 Å². The van der Waals surface area contributed by atoms with Gasteiger partial charge >= 0.3 is 0 Å². The zero-order valence-electron chi connectivity index (χ0n) is 22.3. The van der Waals surface area contributed by atoms with Gasteiger partial charge in [-0.15, -0.1) is 0 Å². The zero-order valence-corrected chi connectivity index (χ0v) is 22.3. The Bertz CT molecular complexity index is 1290. The molecule has 0 radical (unpaired) electrons. The maximum absolute atomic E-state index is 13.3. The van der Waals surface area contributed by atoms with Gasteiger partial charge in [0, 0.05) is 17.3 Å². The smallest absolute Gasteiger partial charge is 0.235 e. The number of fused-ring (bicyclic) bond motifs is 1. The largest absolute Gasteiger partial charge is 0.504 e. The quantitative estimate of drug-likeness (QED) is 0.123. The molecule has 1 heterocycles. The van der Waals surface area contributed by atoms with E-state index in [1.54, 1.807) is 12.3 Å². The summed E-state index contributed by atoms with van der Waals surface area (Å²) in [4.78, 5) is 17.8. The van der Waals surface area contributed by atoms with E-state index < -0.39 is 28.4 Å². The molecular formula is C30H39NO6. The van der Waals surface area contributed by atoms with Gasteiger partial charge in [-0.2, -0.15) is 0 Å². The fraction of sp³-hybridized carbons (Fsp3) is 0.467. The summed E-state index contributed by atoms with van der Waals surface area (Å²) in [5.74, 6) is -2.75. The average Bonchev–Trinajstić information content (AvgIpc) is 2.84. The van der Waals surface area contributed by atoms with Gasteiger partial charge in [0.15, 0.2) is 23.0 Å². The number of aromatic hydroxyl groups is 4. The summed E-state index contributed by atoms with van der Waals surface area (Å²) >= 11 is 0. The number of hydrogen-bond acceptors (Lipinski definition) is 7. The minimum absolute atomic E-state index is 0.0580. The summed E-state index contributed by atoms with van der Waals surface area (Å²) < 4.78 is 5.99. The van der Waals surface area contributed by atoms with E-state index in [1.165, 1.54) is 38.5 Å². The molecule has 0 saturated heterocycles. The Morgan fingerprint density at radius 3 is 2.03 bits per heavy atom. The highest BCUT2D eigenvalue weighted by Gasteiger charge is 2.21. The summed E-state index contributed by atoms with van der Waals surface area (Å²) in [7, 11) is 0. The molecule has 0 atom stereocenters. The van der Waals surface area contributed by atoms with Crippen LogP contribution in [-0.2, 0) is 6.42 Å². The van der Waals surface area contributed by atoms with Crippen LogP contribution in [0.5, 0.6) is 23.0 Å². The Kier molecular flexibility index (Phi) is 9.24. The Balaban J connectivity index is 1.99. The monoisotopic (exact) mass is 509 g/mol. The standard InChI is InChI=1S/C30H39NO6/c1-5-6-7-8-9-10-11-12-13-19-14-21(18-31-30(2,3)4)25-24(15-19)37-29(28(36)27(25)35)20-16-22(32)26(34)23(33)17-20/h14-18,32-34,36H,5-13H2,1-4H3. The van der Waals surface area contributed by atoms with Crippen LogP contribution in [0.4, 0.5) is 0 Å². The summed E-state index contributed by atoms with van der Waals surface area (Å²) in [6.07, 6.45) is 12.1. The number of nitrogens with zero attached hydrogens (tertiary/aromatic N) is 1. The second kappa shape index (κ2) is 12.2. The molecule has 0 bridgehead atoms. The molecule has 200 valence electrons. The molecule has 0 unspecified atom stereocenters. The molecule has 0 saturated carbocycles. The van der Waals surface area contributed by atoms with Gasteiger partial charge in [-0.05, 0) is 63.4 Å². The summed E-state index contributed by atoms with van der Waals surface area (Å²) in [6.45, 7) is 8.09. The Morgan fingerprint density at radius 2 is 1.43 bits per heavy atom. The van der Waals surface area contributed by atoms with Gasteiger partial charge in [0.25, 0.3) is 0 Å². The van der Waals surface area contributed by atoms with Gasteiger partial charge < -0.3 is 24.8 Å². The number of aliphatic imine (C=N–C) groups is 1. The highest BCUT2D eigenvalue weighted by atomic mass is 16.4. The third-order valence-electron chi connectivity index (χ3n) is 6.30. The number of aryl methyl sites for hydroxylation is 1. The molecule has 0 fully saturated rings. The first-order chi connectivity index (χ1) is 17.5. The normalized spacial score (nSPS) is 12.1. The number of phenolic OH excluding ortho intramolecular Hbond substituents is 3. The van der Waals surface area contributed by atoms with Crippen molar-refractivity contribution in [3.63, 3.8) is 0 Å². The van der Waals surface area contributed by atoms with Crippen LogP contribution in [0.1, 0.15) is 90.2 Å². The van der Waals surface area contributed by atoms with Crippen molar-refractivity contribution in [2.75, 3.05) is 0 Å². The van der Waals surface area contributed by atoms with Gasteiger partial charge in [0.05, 0.1) is 10.9 Å². The van der Waals surface area contributed by atoms with Gasteiger partial charge in [-0.1, -0.05) is 51.9 Å². The van der Waals surface area contributed by atoms with Crippen molar-refractivity contribution >= 4 is 17.2 Å². The third kappa shape index (κ3) is 7.28. The van der Waals surface area contributed by atoms with E-state index in [1.807, 2.05) is 26.8 Å². The van der Waals surface area contributed by atoms with Crippen LogP contribution in [0.3, 0.4) is 0 Å². The van der Waals surface area contributed by atoms with E-state index in [9.17, 15) is 25.2 Å². The lowest BCUT2D eigenvalue weighted by atomic mass is 9.99. The van der Waals surface area contributed by atoms with Crippen molar-refractivity contribution < 1.29 is 24.8 Å². The lowest BCUT2D eigenvalue weighted by molar-refractivity contribution is 0.368. The fourth-order valence-electron chi connectivity index (χ4n) is 4.30. The van der Waals surface area contributed by atoms with Crippen molar-refractivity contribution in [2.45, 2.75) is 91.0 Å². The van der Waals surface area contributed by atoms with Crippen LogP contribution >= 0.6 is 0 Å². The maximum atomic E-state index is 13.3. The molecule has 1 aromatic heterocycles. The molecule has 7 heteroatoms. The molecule has 3 aromatic rings. The summed E-state index contributed by atoms with van der Waals surface area (Å²) in [5, 5.41) is 40.5. The number of rotatable bonds is 11. The Morgan fingerprint density at radius 1 is 0.838 bits per heavy atom. The predicted octanol–water partition coefficient (Wildman–Crippen LogP) is 7.18. The molecule has 3 rings (SSSR count). The van der Waals surface area contributed by atoms with E-state index >= 15 is 0 Å². The zero-order chi connectivity index (χ0) is 27.2. The first-order valence-corrected chi connectivity index (χ1v) is 13.1. The number of hydrogen-bond donors (Lipinski definition) is 4. The number of benzene rings is 2. The number of phenols is 3. The van der Waals surface area contributed by atoms with Gasteiger partial charge in [0.2, 0.25) is 11.2 Å². The molecule has 0 amide bonds. The lowest BCUT2D eigenvalue weighted by Gasteiger charge is -2.13. The van der Waals surface area contributed by atoms with E-state index in [0.29, 0.717) is 5.56 Å². The minimum atomic E-state index is -0.695. The SMILES string of the molecule is CCCCCCCCCCc1cc(C=NC(C)(C)C)c2c(=O)c(O)c(-c3cc(O)c(O)c(O)c3)oc2c1. The highest BCUT2D eigenvalue weighted by molar-refractivity contribution is 5.99. The molecule has 0 aliphatic rings. The molecule has 0 aliphatic carbocycles. The van der Waals surface area contributed by atoms with Crippen LogP contribution in [-0.4, -0.2) is 32.2 Å². The Labute approximate surface area is 218 Å². The first kappa shape index (κ1) is 28.1. The lowest BCUT2D eigenvalue weighted by Crippen LogP contribution is -2.11. The fourth-order valence-corrected chi connectivity index (χ4v) is 4.30. The van der Waals surface area contributed by atoms with Crippen LogP contribution in [0, 0.1) is 0 Å². The van der Waals surface area contributed by atoms with E-state index in [0.717, 1.165) is 37.0 Å². The van der Waals surface area contributed by atoms with Crippen LogP contribution in [0.15, 0.2) is 38.5 Å². The third-order valence-corrected chi connectivity index (χ3v) is 6.30. The maximum Gasteiger partial charge on any atom is 0.235 e. The molecule has 37 heavy (non-hydrogen) atoms. The van der Waals surface area contributed by atoms with Crippen molar-refractivity contribution in [1.82, 2.24) is 0 Å². The van der Waals surface area contributed by atoms with E-state index in [-0.39, 0.29) is 27.8 Å². The van der Waals surface area contributed by atoms with Gasteiger partial charge in [-0.25, -0.2) is 0 Å². The molecule has 4 N–H and O–H groups in total.